The second-order valence-electron chi connectivity index (χ2n) is 7.57. The molecule has 0 saturated heterocycles. The van der Waals surface area contributed by atoms with Crippen LogP contribution in [0.4, 0.5) is 4.79 Å². The summed E-state index contributed by atoms with van der Waals surface area (Å²) in [6.45, 7) is 5.63. The standard InChI is InChI=1S/C19H29NO3/c1-18(2,3)23-17(22)20-16(15-10-6-4-7-11-15)19(14-21)12-8-5-9-13-19/h4,6-7,10-11,16,21H,5,8-9,12-14H2,1-3H3,(H,20,22). The molecule has 0 aliphatic heterocycles. The molecule has 0 bridgehead atoms. The second kappa shape index (κ2) is 7.35. The zero-order chi connectivity index (χ0) is 16.9. The molecule has 2 rings (SSSR count). The van der Waals surface area contributed by atoms with Crippen LogP contribution in [0.3, 0.4) is 0 Å². The summed E-state index contributed by atoms with van der Waals surface area (Å²) in [5, 5.41) is 13.2. The van der Waals surface area contributed by atoms with Crippen molar-refractivity contribution >= 4 is 6.09 Å². The third-order valence-electron chi connectivity index (χ3n) is 4.57. The predicted molar refractivity (Wildman–Crippen MR) is 91.2 cm³/mol. The number of hydrogen-bond donors (Lipinski definition) is 2. The van der Waals surface area contributed by atoms with E-state index in [1.165, 1.54) is 6.42 Å². The highest BCUT2D eigenvalue weighted by atomic mass is 16.6. The maximum atomic E-state index is 12.3. The van der Waals surface area contributed by atoms with Crippen molar-refractivity contribution in [3.05, 3.63) is 35.9 Å². The highest BCUT2D eigenvalue weighted by Crippen LogP contribution is 2.45. The van der Waals surface area contributed by atoms with Crippen molar-refractivity contribution in [1.29, 1.82) is 0 Å². The first-order chi connectivity index (χ1) is 10.9. The highest BCUT2D eigenvalue weighted by molar-refractivity contribution is 5.68. The molecule has 2 N–H and O–H groups in total. The Bertz CT molecular complexity index is 501. The lowest BCUT2D eigenvalue weighted by molar-refractivity contribution is 0.0202. The molecule has 1 aliphatic rings. The van der Waals surface area contributed by atoms with Crippen LogP contribution in [0.5, 0.6) is 0 Å². The molecule has 0 radical (unpaired) electrons. The molecule has 0 spiro atoms. The Morgan fingerprint density at radius 1 is 1.22 bits per heavy atom. The summed E-state index contributed by atoms with van der Waals surface area (Å²) in [5.74, 6) is 0. The van der Waals surface area contributed by atoms with Crippen LogP contribution in [0.2, 0.25) is 0 Å². The molecule has 128 valence electrons. The van der Waals surface area contributed by atoms with Gasteiger partial charge in [0, 0.05) is 5.41 Å². The topological polar surface area (TPSA) is 58.6 Å². The van der Waals surface area contributed by atoms with Crippen LogP contribution in [0, 0.1) is 5.41 Å². The average molecular weight is 319 g/mol. The second-order valence-corrected chi connectivity index (χ2v) is 7.57. The Morgan fingerprint density at radius 3 is 2.35 bits per heavy atom. The Labute approximate surface area is 139 Å². The number of nitrogens with one attached hydrogen (secondary N) is 1. The van der Waals surface area contributed by atoms with Crippen LogP contribution in [-0.4, -0.2) is 23.4 Å². The van der Waals surface area contributed by atoms with Gasteiger partial charge in [0.15, 0.2) is 0 Å². The van der Waals surface area contributed by atoms with Crippen LogP contribution >= 0.6 is 0 Å². The number of rotatable bonds is 4. The number of amides is 1. The Morgan fingerprint density at radius 2 is 1.83 bits per heavy atom. The van der Waals surface area contributed by atoms with Crippen molar-refractivity contribution in [3.63, 3.8) is 0 Å². The van der Waals surface area contributed by atoms with Crippen molar-refractivity contribution in [1.82, 2.24) is 5.32 Å². The molecule has 1 atom stereocenters. The summed E-state index contributed by atoms with van der Waals surface area (Å²) in [7, 11) is 0. The molecule has 23 heavy (non-hydrogen) atoms. The van der Waals surface area contributed by atoms with Crippen molar-refractivity contribution in [2.24, 2.45) is 5.41 Å². The van der Waals surface area contributed by atoms with Crippen LogP contribution in [0.15, 0.2) is 30.3 Å². The van der Waals surface area contributed by atoms with Crippen molar-refractivity contribution in [2.45, 2.75) is 64.5 Å². The monoisotopic (exact) mass is 319 g/mol. The number of ether oxygens (including phenoxy) is 1. The quantitative estimate of drug-likeness (QED) is 0.874. The first-order valence-electron chi connectivity index (χ1n) is 8.52. The predicted octanol–water partition coefficient (Wildman–Crippen LogP) is 4.20. The lowest BCUT2D eigenvalue weighted by atomic mass is 9.67. The fourth-order valence-corrected chi connectivity index (χ4v) is 3.45. The van der Waals surface area contributed by atoms with Crippen LogP contribution in [-0.2, 0) is 4.74 Å². The first-order valence-corrected chi connectivity index (χ1v) is 8.52. The van der Waals surface area contributed by atoms with Crippen molar-refractivity contribution in [2.75, 3.05) is 6.61 Å². The molecule has 4 heteroatoms. The lowest BCUT2D eigenvalue weighted by Crippen LogP contribution is -2.46. The minimum Gasteiger partial charge on any atom is -0.444 e. The Kier molecular flexibility index (Phi) is 5.69. The average Bonchev–Trinajstić information content (AvgIpc) is 2.52. The van der Waals surface area contributed by atoms with E-state index in [1.807, 2.05) is 51.1 Å². The summed E-state index contributed by atoms with van der Waals surface area (Å²) >= 11 is 0. The van der Waals surface area contributed by atoms with E-state index < -0.39 is 11.7 Å². The number of carbonyl (C=O) groups excluding carboxylic acids is 1. The van der Waals surface area contributed by atoms with Gasteiger partial charge in [-0.1, -0.05) is 49.6 Å². The lowest BCUT2D eigenvalue weighted by Gasteiger charge is -2.43. The molecule has 0 heterocycles. The molecule has 1 fully saturated rings. The zero-order valence-electron chi connectivity index (χ0n) is 14.5. The van der Waals surface area contributed by atoms with E-state index in [1.54, 1.807) is 0 Å². The summed E-state index contributed by atoms with van der Waals surface area (Å²) in [6, 6.07) is 9.67. The molecule has 1 unspecified atom stereocenters. The minimum atomic E-state index is -0.537. The van der Waals surface area contributed by atoms with Crippen LogP contribution in [0.1, 0.15) is 64.5 Å². The smallest absolute Gasteiger partial charge is 0.408 e. The maximum absolute atomic E-state index is 12.3. The van der Waals surface area contributed by atoms with Gasteiger partial charge in [0.05, 0.1) is 12.6 Å². The van der Waals surface area contributed by atoms with Gasteiger partial charge in [0.1, 0.15) is 5.60 Å². The normalized spacial score (nSPS) is 19.0. The molecule has 1 aromatic rings. The number of benzene rings is 1. The summed E-state index contributed by atoms with van der Waals surface area (Å²) < 4.78 is 5.44. The fraction of sp³-hybridized carbons (Fsp3) is 0.632. The van der Waals surface area contributed by atoms with E-state index in [0.717, 1.165) is 31.2 Å². The fourth-order valence-electron chi connectivity index (χ4n) is 3.45. The molecule has 1 saturated carbocycles. The van der Waals surface area contributed by atoms with Gasteiger partial charge in [-0.05, 0) is 39.2 Å². The highest BCUT2D eigenvalue weighted by Gasteiger charge is 2.41. The number of aliphatic hydroxyl groups excluding tert-OH is 1. The summed E-state index contributed by atoms with van der Waals surface area (Å²) in [5.41, 5.74) is 0.176. The molecule has 4 nitrogen and oxygen atoms in total. The van der Waals surface area contributed by atoms with Crippen LogP contribution < -0.4 is 5.32 Å². The SMILES string of the molecule is CC(C)(C)OC(=O)NC(c1ccccc1)C1(CO)CCCCC1. The Balaban J connectivity index is 2.27. The van der Waals surface area contributed by atoms with E-state index in [2.05, 4.69) is 5.32 Å². The third-order valence-corrected chi connectivity index (χ3v) is 4.57. The van der Waals surface area contributed by atoms with E-state index >= 15 is 0 Å². The summed E-state index contributed by atoms with van der Waals surface area (Å²) in [6.07, 6.45) is 4.76. The largest absolute Gasteiger partial charge is 0.444 e. The number of aliphatic hydroxyl groups is 1. The third kappa shape index (κ3) is 4.71. The number of alkyl carbamates (subject to hydrolysis) is 1. The molecular weight excluding hydrogens is 290 g/mol. The van der Waals surface area contributed by atoms with Crippen molar-refractivity contribution in [3.8, 4) is 0 Å². The molecule has 1 amide bonds. The zero-order valence-corrected chi connectivity index (χ0v) is 14.5. The number of carbonyl (C=O) groups is 1. The van der Waals surface area contributed by atoms with Gasteiger partial charge in [-0.25, -0.2) is 4.79 Å². The van der Waals surface area contributed by atoms with E-state index in [9.17, 15) is 9.90 Å². The maximum Gasteiger partial charge on any atom is 0.408 e. The molecular formula is C19H29NO3. The van der Waals surface area contributed by atoms with Gasteiger partial charge in [0.2, 0.25) is 0 Å². The van der Waals surface area contributed by atoms with Gasteiger partial charge in [-0.15, -0.1) is 0 Å². The first kappa shape index (κ1) is 17.8. The summed E-state index contributed by atoms with van der Waals surface area (Å²) in [4.78, 5) is 12.3. The van der Waals surface area contributed by atoms with Gasteiger partial charge in [-0.3, -0.25) is 0 Å². The van der Waals surface area contributed by atoms with E-state index in [4.69, 9.17) is 4.74 Å². The molecule has 1 aliphatic carbocycles. The van der Waals surface area contributed by atoms with Gasteiger partial charge in [-0.2, -0.15) is 0 Å². The van der Waals surface area contributed by atoms with Crippen LogP contribution in [0.25, 0.3) is 0 Å². The number of hydrogen-bond acceptors (Lipinski definition) is 3. The Hall–Kier alpha value is -1.55. The van der Waals surface area contributed by atoms with E-state index in [0.29, 0.717) is 0 Å². The molecule has 1 aromatic carbocycles. The van der Waals surface area contributed by atoms with Gasteiger partial charge in [0.25, 0.3) is 0 Å². The van der Waals surface area contributed by atoms with Gasteiger partial charge < -0.3 is 15.2 Å². The minimum absolute atomic E-state index is 0.0718. The van der Waals surface area contributed by atoms with Gasteiger partial charge >= 0.3 is 6.09 Å². The molecule has 0 aromatic heterocycles. The van der Waals surface area contributed by atoms with E-state index in [-0.39, 0.29) is 18.1 Å². The van der Waals surface area contributed by atoms with Crippen molar-refractivity contribution < 1.29 is 14.6 Å².